The van der Waals surface area contributed by atoms with E-state index in [1.807, 2.05) is 18.2 Å². The van der Waals surface area contributed by atoms with Crippen LogP contribution in [0, 0.1) is 5.41 Å². The Morgan fingerprint density at radius 1 is 1.14 bits per heavy atom. The Morgan fingerprint density at radius 2 is 1.98 bits per heavy atom. The summed E-state index contributed by atoms with van der Waals surface area (Å²) in [4.78, 5) is 38.6. The molecule has 0 bridgehead atoms. The molecule has 0 saturated carbocycles. The van der Waals surface area contributed by atoms with Crippen molar-refractivity contribution in [2.75, 3.05) is 49.1 Å². The van der Waals surface area contributed by atoms with Gasteiger partial charge >= 0.3 is 5.97 Å². The van der Waals surface area contributed by atoms with E-state index in [2.05, 4.69) is 25.1 Å². The second-order valence-electron chi connectivity index (χ2n) is 11.3. The molecule has 4 aromatic rings. The monoisotopic (exact) mass is 606 g/mol. The predicted molar refractivity (Wildman–Crippen MR) is 162 cm³/mol. The molecule has 0 aliphatic carbocycles. The predicted octanol–water partition coefficient (Wildman–Crippen LogP) is 4.24. The SMILES string of the molecule is O=C(O)c1cn(-c2ccc(N3CC4(CNC4)C3)nc2)c2cc(N3CCCC3COc3ncccc3Cl)c(Cl)cc2c1=O. The summed E-state index contributed by atoms with van der Waals surface area (Å²) in [6.45, 7) is 5.10. The molecule has 3 fully saturated rings. The minimum absolute atomic E-state index is 0.00289. The van der Waals surface area contributed by atoms with E-state index in [-0.39, 0.29) is 17.0 Å². The summed E-state index contributed by atoms with van der Waals surface area (Å²) in [5, 5.41) is 14.2. The van der Waals surface area contributed by atoms with Gasteiger partial charge in [0.05, 0.1) is 34.2 Å². The van der Waals surface area contributed by atoms with Gasteiger partial charge in [-0.05, 0) is 49.2 Å². The van der Waals surface area contributed by atoms with Crippen molar-refractivity contribution in [1.82, 2.24) is 19.9 Å². The fourth-order valence-electron chi connectivity index (χ4n) is 6.23. The molecule has 6 heterocycles. The van der Waals surface area contributed by atoms with Gasteiger partial charge in [-0.15, -0.1) is 0 Å². The number of nitrogens with zero attached hydrogens (tertiary/aromatic N) is 5. The number of carbonyl (C=O) groups is 1. The second kappa shape index (κ2) is 10.4. The summed E-state index contributed by atoms with van der Waals surface area (Å²) >= 11 is 13.0. The first-order chi connectivity index (χ1) is 20.3. The molecule has 0 amide bonds. The van der Waals surface area contributed by atoms with E-state index in [1.165, 1.54) is 6.20 Å². The van der Waals surface area contributed by atoms with Gasteiger partial charge in [0.1, 0.15) is 23.0 Å². The van der Waals surface area contributed by atoms with Crippen LogP contribution in [0.2, 0.25) is 10.0 Å². The first-order valence-electron chi connectivity index (χ1n) is 13.9. The second-order valence-corrected chi connectivity index (χ2v) is 12.1. The van der Waals surface area contributed by atoms with Gasteiger partial charge in [-0.1, -0.05) is 23.2 Å². The minimum Gasteiger partial charge on any atom is -0.477 e. The number of benzene rings is 1. The van der Waals surface area contributed by atoms with Crippen molar-refractivity contribution in [3.63, 3.8) is 0 Å². The standard InChI is InChI=1S/C30H28Cl2N6O4/c31-22-4-1-7-34-28(22)42-13-19-3-2-8-37(19)25-10-24-20(9-23(25)32)27(39)21(29(40)41)12-38(24)18-5-6-26(35-11-18)36-16-30(17-36)14-33-15-30/h1,4-7,9-12,19,33H,2-3,8,13-17H2,(H,40,41). The van der Waals surface area contributed by atoms with Gasteiger partial charge in [0, 0.05) is 55.9 Å². The maximum absolute atomic E-state index is 13.2. The maximum Gasteiger partial charge on any atom is 0.341 e. The van der Waals surface area contributed by atoms with Crippen LogP contribution in [0.1, 0.15) is 23.2 Å². The van der Waals surface area contributed by atoms with Crippen LogP contribution in [-0.2, 0) is 0 Å². The molecule has 2 N–H and O–H groups in total. The van der Waals surface area contributed by atoms with Crippen molar-refractivity contribution in [3.05, 3.63) is 80.8 Å². The van der Waals surface area contributed by atoms with Gasteiger partial charge in [0.15, 0.2) is 0 Å². The normalized spacial score (nSPS) is 19.1. The number of rotatable bonds is 7. The first-order valence-corrected chi connectivity index (χ1v) is 14.6. The number of carboxylic acid groups (broad SMARTS) is 1. The molecule has 1 aromatic carbocycles. The van der Waals surface area contributed by atoms with Gasteiger partial charge in [-0.3, -0.25) is 4.79 Å². The lowest BCUT2D eigenvalue weighted by Gasteiger charge is -2.56. The van der Waals surface area contributed by atoms with Crippen molar-refractivity contribution < 1.29 is 14.6 Å². The van der Waals surface area contributed by atoms with E-state index in [4.69, 9.17) is 27.9 Å². The van der Waals surface area contributed by atoms with E-state index in [0.29, 0.717) is 39.2 Å². The number of carboxylic acids is 1. The largest absolute Gasteiger partial charge is 0.477 e. The number of anilines is 2. The Bertz CT molecular complexity index is 1750. The number of hydrogen-bond donors (Lipinski definition) is 2. The summed E-state index contributed by atoms with van der Waals surface area (Å²) in [7, 11) is 0. The summed E-state index contributed by atoms with van der Waals surface area (Å²) in [5.41, 5.74) is 1.37. The van der Waals surface area contributed by atoms with Crippen LogP contribution in [0.4, 0.5) is 11.5 Å². The zero-order valence-corrected chi connectivity index (χ0v) is 24.1. The average molecular weight is 607 g/mol. The molecule has 10 nitrogen and oxygen atoms in total. The Hall–Kier alpha value is -3.86. The highest BCUT2D eigenvalue weighted by atomic mass is 35.5. The minimum atomic E-state index is -1.30. The van der Waals surface area contributed by atoms with E-state index < -0.39 is 11.4 Å². The number of aromatic carboxylic acids is 1. The van der Waals surface area contributed by atoms with Crippen molar-refractivity contribution in [2.45, 2.75) is 18.9 Å². The average Bonchev–Trinajstić information content (AvgIpc) is 3.40. The van der Waals surface area contributed by atoms with E-state index in [1.54, 1.807) is 35.2 Å². The Kier molecular flexibility index (Phi) is 6.72. The molecule has 3 aromatic heterocycles. The van der Waals surface area contributed by atoms with Gasteiger partial charge in [0.2, 0.25) is 11.3 Å². The summed E-state index contributed by atoms with van der Waals surface area (Å²) < 4.78 is 7.67. The Morgan fingerprint density at radius 3 is 2.67 bits per heavy atom. The Labute approximate surface area is 251 Å². The Balaban J connectivity index is 1.24. The lowest BCUT2D eigenvalue weighted by molar-refractivity contribution is 0.0695. The van der Waals surface area contributed by atoms with Crippen LogP contribution in [-0.4, -0.2) is 71.0 Å². The molecule has 1 unspecified atom stereocenters. The molecule has 0 radical (unpaired) electrons. The molecule has 3 aliphatic rings. The topological polar surface area (TPSA) is 113 Å². The summed E-state index contributed by atoms with van der Waals surface area (Å²) in [6, 6.07) is 10.7. The number of fused-ring (bicyclic) bond motifs is 1. The van der Waals surface area contributed by atoms with Gasteiger partial charge in [0.25, 0.3) is 0 Å². The third-order valence-corrected chi connectivity index (χ3v) is 9.10. The van der Waals surface area contributed by atoms with Crippen molar-refractivity contribution in [2.24, 2.45) is 5.41 Å². The molecule has 3 aliphatic heterocycles. The van der Waals surface area contributed by atoms with E-state index in [0.717, 1.165) is 57.1 Å². The van der Waals surface area contributed by atoms with Crippen molar-refractivity contribution in [3.8, 4) is 11.6 Å². The van der Waals surface area contributed by atoms with Gasteiger partial charge in [-0.25, -0.2) is 14.8 Å². The van der Waals surface area contributed by atoms with Gasteiger partial charge in [-0.2, -0.15) is 0 Å². The van der Waals surface area contributed by atoms with E-state index in [9.17, 15) is 14.7 Å². The van der Waals surface area contributed by atoms with Crippen LogP contribution in [0.5, 0.6) is 5.88 Å². The number of hydrogen-bond acceptors (Lipinski definition) is 8. The smallest absolute Gasteiger partial charge is 0.341 e. The molecular weight excluding hydrogens is 579 g/mol. The third-order valence-electron chi connectivity index (χ3n) is 8.51. The third kappa shape index (κ3) is 4.63. The van der Waals surface area contributed by atoms with Crippen molar-refractivity contribution >= 4 is 51.6 Å². The highest BCUT2D eigenvalue weighted by Crippen LogP contribution is 2.38. The van der Waals surface area contributed by atoms with Crippen LogP contribution in [0.3, 0.4) is 0 Å². The van der Waals surface area contributed by atoms with Crippen LogP contribution < -0.4 is 25.3 Å². The molecule has 42 heavy (non-hydrogen) atoms. The zero-order valence-electron chi connectivity index (χ0n) is 22.6. The molecular formula is C30H28Cl2N6O4. The quantitative estimate of drug-likeness (QED) is 0.319. The highest BCUT2D eigenvalue weighted by Gasteiger charge is 2.47. The summed E-state index contributed by atoms with van der Waals surface area (Å²) in [5.74, 6) is -0.0542. The lowest BCUT2D eigenvalue weighted by atomic mass is 9.74. The van der Waals surface area contributed by atoms with Crippen molar-refractivity contribution in [1.29, 1.82) is 0 Å². The number of nitrogens with one attached hydrogen (secondary N) is 1. The number of pyridine rings is 3. The molecule has 12 heteroatoms. The van der Waals surface area contributed by atoms with Crippen LogP contribution in [0.25, 0.3) is 16.6 Å². The molecule has 216 valence electrons. The molecule has 1 atom stereocenters. The lowest BCUT2D eigenvalue weighted by Crippen LogP contribution is -2.71. The molecule has 1 spiro atoms. The zero-order chi connectivity index (χ0) is 29.0. The number of halogens is 2. The first kappa shape index (κ1) is 27.0. The van der Waals surface area contributed by atoms with Crippen LogP contribution >= 0.6 is 23.2 Å². The van der Waals surface area contributed by atoms with Crippen LogP contribution in [0.15, 0.2) is 59.8 Å². The number of aromatic nitrogens is 3. The maximum atomic E-state index is 13.2. The fraction of sp³-hybridized carbons (Fsp3) is 0.333. The molecule has 7 rings (SSSR count). The van der Waals surface area contributed by atoms with E-state index >= 15 is 0 Å². The highest BCUT2D eigenvalue weighted by molar-refractivity contribution is 6.34. The molecule has 3 saturated heterocycles. The van der Waals surface area contributed by atoms with Gasteiger partial charge < -0.3 is 29.5 Å². The summed E-state index contributed by atoms with van der Waals surface area (Å²) in [6.07, 6.45) is 6.52. The fourth-order valence-corrected chi connectivity index (χ4v) is 6.68. The number of ether oxygens (including phenoxy) is 1.